The molecular weight excluding hydrogens is 331 g/mol. The predicted molar refractivity (Wildman–Crippen MR) is 98.1 cm³/mol. The summed E-state index contributed by atoms with van der Waals surface area (Å²) in [6, 6.07) is 9.65. The molecule has 0 aliphatic heterocycles. The van der Waals surface area contributed by atoms with Gasteiger partial charge in [-0.25, -0.2) is 9.07 Å². The highest BCUT2D eigenvalue weighted by Crippen LogP contribution is 2.20. The molecule has 0 aliphatic rings. The van der Waals surface area contributed by atoms with Crippen LogP contribution in [0.15, 0.2) is 61.1 Å². The Kier molecular flexibility index (Phi) is 5.22. The van der Waals surface area contributed by atoms with Gasteiger partial charge in [0.2, 0.25) is 5.91 Å². The summed E-state index contributed by atoms with van der Waals surface area (Å²) in [4.78, 5) is 16.1. The Morgan fingerprint density at radius 3 is 2.77 bits per heavy atom. The first-order valence-electron chi connectivity index (χ1n) is 8.23. The molecule has 0 aliphatic carbocycles. The van der Waals surface area contributed by atoms with Gasteiger partial charge in [-0.05, 0) is 55.8 Å². The largest absolute Gasteiger partial charge is 0.346 e. The average Bonchev–Trinajstić information content (AvgIpc) is 3.02. The van der Waals surface area contributed by atoms with Gasteiger partial charge in [-0.1, -0.05) is 6.07 Å². The van der Waals surface area contributed by atoms with Crippen LogP contribution in [0.2, 0.25) is 0 Å². The number of hydrogen-bond acceptors (Lipinski definition) is 3. The lowest BCUT2D eigenvalue weighted by molar-refractivity contribution is -0.117. The van der Waals surface area contributed by atoms with Gasteiger partial charge in [-0.2, -0.15) is 5.10 Å². The lowest BCUT2D eigenvalue weighted by Crippen LogP contribution is -2.25. The molecule has 5 nitrogen and oxygen atoms in total. The van der Waals surface area contributed by atoms with E-state index in [-0.39, 0.29) is 17.8 Å². The number of nitrogens with zero attached hydrogens (tertiary/aromatic N) is 3. The molecule has 0 bridgehead atoms. The van der Waals surface area contributed by atoms with Crippen LogP contribution in [0.5, 0.6) is 0 Å². The molecule has 0 spiro atoms. The fourth-order valence-electron chi connectivity index (χ4n) is 2.70. The highest BCUT2D eigenvalue weighted by Gasteiger charge is 2.15. The zero-order valence-electron chi connectivity index (χ0n) is 14.6. The van der Waals surface area contributed by atoms with Crippen molar-refractivity contribution in [1.29, 1.82) is 0 Å². The van der Waals surface area contributed by atoms with Crippen LogP contribution in [0.4, 0.5) is 4.39 Å². The van der Waals surface area contributed by atoms with Gasteiger partial charge in [0.05, 0.1) is 17.9 Å². The number of carbonyl (C=O) groups excluding carboxylic acids is 1. The van der Waals surface area contributed by atoms with Gasteiger partial charge in [-0.3, -0.25) is 9.78 Å². The standard InChI is InChI=1S/C20H19FN4O/c1-14(24-20(26)7-6-16-8-10-22-11-9-16)19-13-23-25(15(19)2)18-5-3-4-17(21)12-18/h3-14H,1-2H3,(H,24,26)/b7-6+/t14-/m1/s1. The molecule has 132 valence electrons. The minimum atomic E-state index is -0.318. The molecule has 0 saturated carbocycles. The highest BCUT2D eigenvalue weighted by molar-refractivity contribution is 5.91. The second kappa shape index (κ2) is 7.74. The molecule has 0 fully saturated rings. The van der Waals surface area contributed by atoms with Crippen molar-refractivity contribution in [2.45, 2.75) is 19.9 Å². The Morgan fingerprint density at radius 2 is 2.04 bits per heavy atom. The van der Waals surface area contributed by atoms with E-state index in [1.807, 2.05) is 26.0 Å². The summed E-state index contributed by atoms with van der Waals surface area (Å²) in [6.07, 6.45) is 8.25. The summed E-state index contributed by atoms with van der Waals surface area (Å²) in [7, 11) is 0. The number of aromatic nitrogens is 3. The molecule has 26 heavy (non-hydrogen) atoms. The molecule has 1 atom stereocenters. The lowest BCUT2D eigenvalue weighted by Gasteiger charge is -2.13. The molecule has 1 amide bonds. The number of nitrogens with one attached hydrogen (secondary N) is 1. The van der Waals surface area contributed by atoms with Crippen molar-refractivity contribution in [3.8, 4) is 5.69 Å². The quantitative estimate of drug-likeness (QED) is 0.715. The molecule has 3 rings (SSSR count). The summed E-state index contributed by atoms with van der Waals surface area (Å²) in [5, 5.41) is 7.24. The number of halogens is 1. The molecule has 1 N–H and O–H groups in total. The van der Waals surface area contributed by atoms with E-state index in [9.17, 15) is 9.18 Å². The molecule has 3 aromatic rings. The number of carbonyl (C=O) groups is 1. The average molecular weight is 350 g/mol. The van der Waals surface area contributed by atoms with Gasteiger partial charge >= 0.3 is 0 Å². The van der Waals surface area contributed by atoms with Crippen LogP contribution in [0.25, 0.3) is 11.8 Å². The Hall–Kier alpha value is -3.28. The van der Waals surface area contributed by atoms with Gasteiger partial charge in [-0.15, -0.1) is 0 Å². The van der Waals surface area contributed by atoms with E-state index in [0.717, 1.165) is 16.8 Å². The number of benzene rings is 1. The van der Waals surface area contributed by atoms with Crippen LogP contribution in [-0.2, 0) is 4.79 Å². The predicted octanol–water partition coefficient (Wildman–Crippen LogP) is 3.61. The minimum absolute atomic E-state index is 0.202. The van der Waals surface area contributed by atoms with Crippen molar-refractivity contribution in [2.75, 3.05) is 0 Å². The molecule has 2 aromatic heterocycles. The van der Waals surface area contributed by atoms with Crippen LogP contribution in [0, 0.1) is 12.7 Å². The van der Waals surface area contributed by atoms with Crippen LogP contribution in [0.3, 0.4) is 0 Å². The van der Waals surface area contributed by atoms with Crippen LogP contribution >= 0.6 is 0 Å². The van der Waals surface area contributed by atoms with E-state index in [1.165, 1.54) is 18.2 Å². The van der Waals surface area contributed by atoms with Crippen molar-refractivity contribution in [1.82, 2.24) is 20.1 Å². The van der Waals surface area contributed by atoms with E-state index < -0.39 is 0 Å². The zero-order valence-corrected chi connectivity index (χ0v) is 14.6. The van der Waals surface area contributed by atoms with Crippen molar-refractivity contribution < 1.29 is 9.18 Å². The van der Waals surface area contributed by atoms with Crippen LogP contribution < -0.4 is 5.32 Å². The summed E-state index contributed by atoms with van der Waals surface area (Å²) < 4.78 is 15.1. The Balaban J connectivity index is 1.71. The first-order valence-corrected chi connectivity index (χ1v) is 8.23. The Morgan fingerprint density at radius 1 is 1.27 bits per heavy atom. The van der Waals surface area contributed by atoms with Gasteiger partial charge in [0, 0.05) is 29.7 Å². The Labute approximate surface area is 151 Å². The fraction of sp³-hybridized carbons (Fsp3) is 0.150. The summed E-state index contributed by atoms with van der Waals surface area (Å²) >= 11 is 0. The topological polar surface area (TPSA) is 59.8 Å². The second-order valence-electron chi connectivity index (χ2n) is 5.92. The van der Waals surface area contributed by atoms with Crippen molar-refractivity contribution in [3.05, 3.63) is 83.7 Å². The molecule has 6 heteroatoms. The third-order valence-electron chi connectivity index (χ3n) is 4.06. The van der Waals surface area contributed by atoms with E-state index in [2.05, 4.69) is 15.4 Å². The maximum absolute atomic E-state index is 13.4. The smallest absolute Gasteiger partial charge is 0.244 e. The number of rotatable bonds is 5. The normalized spacial score (nSPS) is 12.3. The molecule has 0 unspecified atom stereocenters. The van der Waals surface area contributed by atoms with Crippen LogP contribution in [0.1, 0.15) is 29.8 Å². The van der Waals surface area contributed by atoms with Crippen molar-refractivity contribution >= 4 is 12.0 Å². The van der Waals surface area contributed by atoms with Gasteiger partial charge in [0.25, 0.3) is 0 Å². The first kappa shape index (κ1) is 17.5. The molecule has 1 aromatic carbocycles. The van der Waals surface area contributed by atoms with E-state index in [1.54, 1.807) is 41.5 Å². The third-order valence-corrected chi connectivity index (χ3v) is 4.06. The van der Waals surface area contributed by atoms with Gasteiger partial charge < -0.3 is 5.32 Å². The zero-order chi connectivity index (χ0) is 18.5. The summed E-state index contributed by atoms with van der Waals surface area (Å²) in [5.41, 5.74) is 3.27. The van der Waals surface area contributed by atoms with Gasteiger partial charge in [0.1, 0.15) is 5.82 Å². The lowest BCUT2D eigenvalue weighted by atomic mass is 10.1. The number of amides is 1. The SMILES string of the molecule is Cc1c([C@@H](C)NC(=O)/C=C/c2ccncc2)cnn1-c1cccc(F)c1. The maximum Gasteiger partial charge on any atom is 0.244 e. The molecular formula is C20H19FN4O. The van der Waals surface area contributed by atoms with Gasteiger partial charge in [0.15, 0.2) is 0 Å². The van der Waals surface area contributed by atoms with E-state index >= 15 is 0 Å². The monoisotopic (exact) mass is 350 g/mol. The first-order chi connectivity index (χ1) is 12.5. The summed E-state index contributed by atoms with van der Waals surface area (Å²) in [5.74, 6) is -0.520. The van der Waals surface area contributed by atoms with Crippen molar-refractivity contribution in [3.63, 3.8) is 0 Å². The fourth-order valence-corrected chi connectivity index (χ4v) is 2.70. The van der Waals surface area contributed by atoms with Crippen molar-refractivity contribution in [2.24, 2.45) is 0 Å². The third kappa shape index (κ3) is 4.03. The minimum Gasteiger partial charge on any atom is -0.346 e. The number of hydrogen-bond donors (Lipinski definition) is 1. The highest BCUT2D eigenvalue weighted by atomic mass is 19.1. The molecule has 2 heterocycles. The molecule has 0 radical (unpaired) electrons. The van der Waals surface area contributed by atoms with E-state index in [4.69, 9.17) is 0 Å². The van der Waals surface area contributed by atoms with E-state index in [0.29, 0.717) is 5.69 Å². The summed E-state index contributed by atoms with van der Waals surface area (Å²) in [6.45, 7) is 3.78. The second-order valence-corrected chi connectivity index (χ2v) is 5.92. The number of pyridine rings is 1. The molecule has 0 saturated heterocycles. The Bertz CT molecular complexity index is 934. The van der Waals surface area contributed by atoms with Crippen LogP contribution in [-0.4, -0.2) is 20.7 Å². The maximum atomic E-state index is 13.4.